The number of benzene rings is 1. The zero-order valence-electron chi connectivity index (χ0n) is 9.67. The molecule has 3 aromatic rings. The maximum absolute atomic E-state index is 5.85. The van der Waals surface area contributed by atoms with Crippen molar-refractivity contribution in [2.24, 2.45) is 5.73 Å². The Kier molecular flexibility index (Phi) is 3.36. The van der Waals surface area contributed by atoms with Gasteiger partial charge in [0.15, 0.2) is 5.16 Å². The Labute approximate surface area is 113 Å². The molecule has 0 amide bonds. The normalized spacial score (nSPS) is 12.9. The first kappa shape index (κ1) is 11.8. The van der Waals surface area contributed by atoms with Crippen LogP contribution in [-0.4, -0.2) is 16.5 Å². The molecule has 3 N–H and O–H groups in total. The van der Waals surface area contributed by atoms with Crippen molar-refractivity contribution in [2.45, 2.75) is 10.4 Å². The molecule has 0 aliphatic heterocycles. The van der Waals surface area contributed by atoms with Gasteiger partial charge in [0, 0.05) is 11.4 Å². The van der Waals surface area contributed by atoms with E-state index in [1.54, 1.807) is 23.1 Å². The third-order valence-electron chi connectivity index (χ3n) is 2.70. The fourth-order valence-electron chi connectivity index (χ4n) is 1.82. The number of aromatic amines is 1. The van der Waals surface area contributed by atoms with E-state index in [2.05, 4.69) is 27.5 Å². The van der Waals surface area contributed by atoms with Crippen LogP contribution in [0.4, 0.5) is 0 Å². The van der Waals surface area contributed by atoms with Gasteiger partial charge in [0.05, 0.1) is 16.3 Å². The van der Waals surface area contributed by atoms with E-state index < -0.39 is 0 Å². The molecule has 0 radical (unpaired) electrons. The fourth-order valence-corrected chi connectivity index (χ4v) is 3.73. The van der Waals surface area contributed by atoms with E-state index in [9.17, 15) is 0 Å². The Bertz CT molecular complexity index is 598. The molecule has 0 fully saturated rings. The summed E-state index contributed by atoms with van der Waals surface area (Å²) in [6.45, 7) is 0.613. The summed E-state index contributed by atoms with van der Waals surface area (Å²) in [7, 11) is 0. The smallest absolute Gasteiger partial charge is 0.167 e. The van der Waals surface area contributed by atoms with Crippen molar-refractivity contribution >= 4 is 34.1 Å². The molecule has 2 aromatic heterocycles. The SMILES string of the molecule is NCC(Sc1nc2ccccc2[nH]1)c1cccs1. The number of rotatable bonds is 4. The van der Waals surface area contributed by atoms with Gasteiger partial charge in [-0.3, -0.25) is 0 Å². The maximum atomic E-state index is 5.85. The number of hydrogen-bond acceptors (Lipinski definition) is 4. The molecule has 18 heavy (non-hydrogen) atoms. The van der Waals surface area contributed by atoms with Crippen LogP contribution in [0.2, 0.25) is 0 Å². The lowest BCUT2D eigenvalue weighted by Gasteiger charge is -2.09. The van der Waals surface area contributed by atoms with Crippen molar-refractivity contribution in [3.05, 3.63) is 46.7 Å². The van der Waals surface area contributed by atoms with E-state index in [1.807, 2.05) is 24.3 Å². The van der Waals surface area contributed by atoms with Crippen LogP contribution in [0, 0.1) is 0 Å². The molecule has 0 saturated heterocycles. The number of nitrogens with zero attached hydrogens (tertiary/aromatic N) is 1. The van der Waals surface area contributed by atoms with Gasteiger partial charge in [0.1, 0.15) is 0 Å². The Morgan fingerprint density at radius 3 is 2.89 bits per heavy atom. The summed E-state index contributed by atoms with van der Waals surface area (Å²) in [6, 6.07) is 12.2. The molecule has 0 aliphatic carbocycles. The van der Waals surface area contributed by atoms with Crippen LogP contribution in [0.5, 0.6) is 0 Å². The first-order valence-corrected chi connectivity index (χ1v) is 7.47. The summed E-state index contributed by atoms with van der Waals surface area (Å²) in [6.07, 6.45) is 0. The van der Waals surface area contributed by atoms with Crippen molar-refractivity contribution in [1.29, 1.82) is 0 Å². The van der Waals surface area contributed by atoms with Crippen molar-refractivity contribution < 1.29 is 0 Å². The van der Waals surface area contributed by atoms with Gasteiger partial charge >= 0.3 is 0 Å². The summed E-state index contributed by atoms with van der Waals surface area (Å²) in [4.78, 5) is 9.18. The Balaban J connectivity index is 1.86. The average molecular weight is 275 g/mol. The van der Waals surface area contributed by atoms with E-state index in [-0.39, 0.29) is 5.25 Å². The highest BCUT2D eigenvalue weighted by atomic mass is 32.2. The number of nitrogens with two attached hydrogens (primary N) is 1. The predicted molar refractivity (Wildman–Crippen MR) is 78.1 cm³/mol. The van der Waals surface area contributed by atoms with Gasteiger partial charge in [-0.15, -0.1) is 11.3 Å². The number of H-pyrrole nitrogens is 1. The first-order chi connectivity index (χ1) is 8.86. The van der Waals surface area contributed by atoms with E-state index >= 15 is 0 Å². The van der Waals surface area contributed by atoms with Crippen molar-refractivity contribution in [3.63, 3.8) is 0 Å². The third-order valence-corrected chi connectivity index (χ3v) is 4.98. The molecule has 1 aromatic carbocycles. The molecule has 1 unspecified atom stereocenters. The molecule has 3 nitrogen and oxygen atoms in total. The number of hydrogen-bond donors (Lipinski definition) is 2. The molecular formula is C13H13N3S2. The van der Waals surface area contributed by atoms with Crippen LogP contribution in [0.15, 0.2) is 46.9 Å². The molecule has 2 heterocycles. The maximum Gasteiger partial charge on any atom is 0.167 e. The number of para-hydroxylation sites is 2. The van der Waals surface area contributed by atoms with Crippen LogP contribution in [0.1, 0.15) is 10.1 Å². The molecule has 92 valence electrons. The zero-order chi connectivity index (χ0) is 12.4. The van der Waals surface area contributed by atoms with Gasteiger partial charge in [0.25, 0.3) is 0 Å². The van der Waals surface area contributed by atoms with Crippen LogP contribution < -0.4 is 5.73 Å². The number of thioether (sulfide) groups is 1. The number of nitrogens with one attached hydrogen (secondary N) is 1. The van der Waals surface area contributed by atoms with E-state index in [0.29, 0.717) is 6.54 Å². The molecule has 0 saturated carbocycles. The van der Waals surface area contributed by atoms with Crippen LogP contribution in [-0.2, 0) is 0 Å². The minimum Gasteiger partial charge on any atom is -0.333 e. The molecule has 3 rings (SSSR count). The monoisotopic (exact) mass is 275 g/mol. The highest BCUT2D eigenvalue weighted by Crippen LogP contribution is 2.35. The number of fused-ring (bicyclic) bond motifs is 1. The molecule has 0 bridgehead atoms. The highest BCUT2D eigenvalue weighted by molar-refractivity contribution is 7.99. The largest absolute Gasteiger partial charge is 0.333 e. The second kappa shape index (κ2) is 5.14. The van der Waals surface area contributed by atoms with E-state index in [0.717, 1.165) is 16.2 Å². The van der Waals surface area contributed by atoms with Crippen molar-refractivity contribution in [2.75, 3.05) is 6.54 Å². The average Bonchev–Trinajstić information content (AvgIpc) is 3.04. The van der Waals surface area contributed by atoms with Crippen LogP contribution in [0.3, 0.4) is 0 Å². The van der Waals surface area contributed by atoms with Crippen LogP contribution in [0.25, 0.3) is 11.0 Å². The zero-order valence-corrected chi connectivity index (χ0v) is 11.3. The lowest BCUT2D eigenvalue weighted by molar-refractivity contribution is 0.946. The lowest BCUT2D eigenvalue weighted by Crippen LogP contribution is -2.08. The molecule has 5 heteroatoms. The molecule has 1 atom stereocenters. The van der Waals surface area contributed by atoms with Crippen LogP contribution >= 0.6 is 23.1 Å². The first-order valence-electron chi connectivity index (χ1n) is 5.71. The second-order valence-electron chi connectivity index (χ2n) is 3.92. The quantitative estimate of drug-likeness (QED) is 0.717. The summed E-state index contributed by atoms with van der Waals surface area (Å²) in [5.74, 6) is 0. The summed E-state index contributed by atoms with van der Waals surface area (Å²) >= 11 is 3.43. The Morgan fingerprint density at radius 1 is 1.28 bits per heavy atom. The summed E-state index contributed by atoms with van der Waals surface area (Å²) in [5.41, 5.74) is 7.92. The molecular weight excluding hydrogens is 262 g/mol. The predicted octanol–water partition coefficient (Wildman–Crippen LogP) is 3.42. The number of imidazole rings is 1. The standard InChI is InChI=1S/C13H13N3S2/c14-8-12(11-6-3-7-17-11)18-13-15-9-4-1-2-5-10(9)16-13/h1-7,12H,8,14H2,(H,15,16). The Hall–Kier alpha value is -1.30. The van der Waals surface area contributed by atoms with Gasteiger partial charge in [-0.2, -0.15) is 0 Å². The van der Waals surface area contributed by atoms with Gasteiger partial charge < -0.3 is 10.7 Å². The van der Waals surface area contributed by atoms with E-state index in [1.165, 1.54) is 4.88 Å². The van der Waals surface area contributed by atoms with Gasteiger partial charge in [-0.25, -0.2) is 4.98 Å². The summed E-state index contributed by atoms with van der Waals surface area (Å²) in [5, 5.41) is 3.28. The fraction of sp³-hybridized carbons (Fsp3) is 0.154. The van der Waals surface area contributed by atoms with Crippen molar-refractivity contribution in [3.8, 4) is 0 Å². The topological polar surface area (TPSA) is 54.7 Å². The lowest BCUT2D eigenvalue weighted by atomic mass is 10.3. The highest BCUT2D eigenvalue weighted by Gasteiger charge is 2.14. The second-order valence-corrected chi connectivity index (χ2v) is 6.09. The molecule has 0 aliphatic rings. The molecule has 0 spiro atoms. The van der Waals surface area contributed by atoms with Crippen molar-refractivity contribution in [1.82, 2.24) is 9.97 Å². The summed E-state index contributed by atoms with van der Waals surface area (Å²) < 4.78 is 0. The van der Waals surface area contributed by atoms with Gasteiger partial charge in [-0.05, 0) is 23.6 Å². The van der Waals surface area contributed by atoms with E-state index in [4.69, 9.17) is 5.73 Å². The minimum atomic E-state index is 0.269. The number of aromatic nitrogens is 2. The number of thiophene rings is 1. The third kappa shape index (κ3) is 2.29. The van der Waals surface area contributed by atoms with Gasteiger partial charge in [-0.1, -0.05) is 30.0 Å². The minimum absolute atomic E-state index is 0.269. The van der Waals surface area contributed by atoms with Gasteiger partial charge in [0.2, 0.25) is 0 Å². The Morgan fingerprint density at radius 2 is 2.17 bits per heavy atom.